The first kappa shape index (κ1) is 13.0. The van der Waals surface area contributed by atoms with Crippen molar-refractivity contribution in [1.82, 2.24) is 0 Å². The zero-order chi connectivity index (χ0) is 12.1. The highest BCUT2D eigenvalue weighted by atomic mass is 79.9. The number of amides is 1. The average molecular weight is 282 g/mol. The topological polar surface area (TPSA) is 29.1 Å². The molecule has 0 saturated carbocycles. The van der Waals surface area contributed by atoms with Gasteiger partial charge in [0, 0.05) is 10.0 Å². The van der Waals surface area contributed by atoms with Gasteiger partial charge < -0.3 is 5.32 Å². The lowest BCUT2D eigenvalue weighted by Crippen LogP contribution is -2.13. The molecule has 16 heavy (non-hydrogen) atoms. The highest BCUT2D eigenvalue weighted by molar-refractivity contribution is 9.10. The van der Waals surface area contributed by atoms with E-state index in [-0.39, 0.29) is 5.91 Å². The van der Waals surface area contributed by atoms with Crippen LogP contribution in [-0.4, -0.2) is 5.91 Å². The molecule has 0 unspecified atom stereocenters. The third kappa shape index (κ3) is 3.49. The second kappa shape index (κ2) is 5.85. The van der Waals surface area contributed by atoms with E-state index in [0.29, 0.717) is 0 Å². The standard InChI is InChI=1S/C13H16BrNO/c1-4-5-10(3)13(16)15-12-7-6-9(2)8-11(12)14/h5-8H,4H2,1-3H3,(H,15,16)/b10-5+. The molecule has 0 aliphatic heterocycles. The lowest BCUT2D eigenvalue weighted by Gasteiger charge is -2.08. The Bertz CT molecular complexity index is 424. The van der Waals surface area contributed by atoms with Crippen molar-refractivity contribution in [3.63, 3.8) is 0 Å². The molecule has 1 rings (SSSR count). The number of rotatable bonds is 3. The SMILES string of the molecule is CC/C=C(\C)C(=O)Nc1ccc(C)cc1Br. The van der Waals surface area contributed by atoms with Crippen molar-refractivity contribution < 1.29 is 4.79 Å². The maximum absolute atomic E-state index is 11.7. The lowest BCUT2D eigenvalue weighted by atomic mass is 10.2. The van der Waals surface area contributed by atoms with Gasteiger partial charge in [0.15, 0.2) is 0 Å². The molecule has 1 N–H and O–H groups in total. The van der Waals surface area contributed by atoms with E-state index < -0.39 is 0 Å². The molecule has 1 amide bonds. The molecule has 0 saturated heterocycles. The van der Waals surface area contributed by atoms with Gasteiger partial charge in [0.05, 0.1) is 5.69 Å². The first-order valence-electron chi connectivity index (χ1n) is 5.29. The molecule has 0 bridgehead atoms. The molecule has 0 spiro atoms. The van der Waals surface area contributed by atoms with E-state index in [1.54, 1.807) is 0 Å². The number of aryl methyl sites for hydroxylation is 1. The fraction of sp³-hybridized carbons (Fsp3) is 0.308. The summed E-state index contributed by atoms with van der Waals surface area (Å²) in [6, 6.07) is 5.85. The Morgan fingerprint density at radius 2 is 2.19 bits per heavy atom. The summed E-state index contributed by atoms with van der Waals surface area (Å²) in [4.78, 5) is 11.7. The smallest absolute Gasteiger partial charge is 0.251 e. The lowest BCUT2D eigenvalue weighted by molar-refractivity contribution is -0.112. The van der Waals surface area contributed by atoms with Gasteiger partial charge in [0.1, 0.15) is 0 Å². The fourth-order valence-corrected chi connectivity index (χ4v) is 1.93. The maximum atomic E-state index is 11.7. The molecule has 86 valence electrons. The van der Waals surface area contributed by atoms with E-state index in [9.17, 15) is 4.79 Å². The van der Waals surface area contributed by atoms with Crippen molar-refractivity contribution in [2.75, 3.05) is 5.32 Å². The van der Waals surface area contributed by atoms with E-state index in [1.165, 1.54) is 0 Å². The summed E-state index contributed by atoms with van der Waals surface area (Å²) in [6.45, 7) is 5.85. The molecule has 2 nitrogen and oxygen atoms in total. The Kier molecular flexibility index (Phi) is 4.74. The minimum absolute atomic E-state index is 0.0496. The summed E-state index contributed by atoms with van der Waals surface area (Å²) in [7, 11) is 0. The summed E-state index contributed by atoms with van der Waals surface area (Å²) in [5.74, 6) is -0.0496. The van der Waals surface area contributed by atoms with Gasteiger partial charge in [0.2, 0.25) is 0 Å². The monoisotopic (exact) mass is 281 g/mol. The number of benzene rings is 1. The summed E-state index contributed by atoms with van der Waals surface area (Å²) < 4.78 is 0.908. The minimum Gasteiger partial charge on any atom is -0.321 e. The predicted octanol–water partition coefficient (Wildman–Crippen LogP) is 4.05. The number of halogens is 1. The molecule has 0 aliphatic rings. The summed E-state index contributed by atoms with van der Waals surface area (Å²) in [6.07, 6.45) is 2.78. The van der Waals surface area contributed by atoms with Gasteiger partial charge in [-0.25, -0.2) is 0 Å². The minimum atomic E-state index is -0.0496. The number of anilines is 1. The molecule has 1 aromatic carbocycles. The molecule has 0 aliphatic carbocycles. The van der Waals surface area contributed by atoms with E-state index in [0.717, 1.165) is 27.7 Å². The molecule has 0 radical (unpaired) electrons. The van der Waals surface area contributed by atoms with Crippen molar-refractivity contribution in [2.24, 2.45) is 0 Å². The van der Waals surface area contributed by atoms with Crippen LogP contribution in [0.4, 0.5) is 5.69 Å². The van der Waals surface area contributed by atoms with Gasteiger partial charge in [-0.3, -0.25) is 4.79 Å². The van der Waals surface area contributed by atoms with Crippen LogP contribution in [0.15, 0.2) is 34.3 Å². The van der Waals surface area contributed by atoms with Crippen LogP contribution in [-0.2, 0) is 4.79 Å². The van der Waals surface area contributed by atoms with E-state index in [2.05, 4.69) is 21.2 Å². The normalized spacial score (nSPS) is 11.4. The number of carbonyl (C=O) groups is 1. The number of allylic oxidation sites excluding steroid dienone is 1. The quantitative estimate of drug-likeness (QED) is 0.832. The van der Waals surface area contributed by atoms with Crippen molar-refractivity contribution in [2.45, 2.75) is 27.2 Å². The van der Waals surface area contributed by atoms with Gasteiger partial charge in [-0.1, -0.05) is 19.1 Å². The van der Waals surface area contributed by atoms with E-state index >= 15 is 0 Å². The highest BCUT2D eigenvalue weighted by Gasteiger charge is 2.06. The third-order valence-corrected chi connectivity index (χ3v) is 2.90. The number of hydrogen-bond acceptors (Lipinski definition) is 1. The Morgan fingerprint density at radius 1 is 1.50 bits per heavy atom. The van der Waals surface area contributed by atoms with Crippen LogP contribution in [0.25, 0.3) is 0 Å². The molecule has 0 atom stereocenters. The van der Waals surface area contributed by atoms with Crippen LogP contribution in [0.1, 0.15) is 25.8 Å². The van der Waals surface area contributed by atoms with E-state index in [1.807, 2.05) is 45.0 Å². The zero-order valence-corrected chi connectivity index (χ0v) is 11.4. The molecular weight excluding hydrogens is 266 g/mol. The van der Waals surface area contributed by atoms with Crippen molar-refractivity contribution in [3.05, 3.63) is 39.9 Å². The van der Waals surface area contributed by atoms with Gasteiger partial charge in [-0.15, -0.1) is 0 Å². The number of nitrogens with one attached hydrogen (secondary N) is 1. The Hall–Kier alpha value is -1.09. The van der Waals surface area contributed by atoms with E-state index in [4.69, 9.17) is 0 Å². The molecule has 0 heterocycles. The molecule has 1 aromatic rings. The van der Waals surface area contributed by atoms with Gasteiger partial charge >= 0.3 is 0 Å². The van der Waals surface area contributed by atoms with Crippen LogP contribution in [0.2, 0.25) is 0 Å². The second-order valence-electron chi connectivity index (χ2n) is 3.73. The van der Waals surface area contributed by atoms with Crippen LogP contribution in [0.3, 0.4) is 0 Å². The zero-order valence-electron chi connectivity index (χ0n) is 9.80. The second-order valence-corrected chi connectivity index (χ2v) is 4.59. The predicted molar refractivity (Wildman–Crippen MR) is 71.6 cm³/mol. The average Bonchev–Trinajstić information content (AvgIpc) is 2.22. The van der Waals surface area contributed by atoms with Crippen LogP contribution in [0, 0.1) is 6.92 Å². The Balaban J connectivity index is 2.81. The molecule has 0 fully saturated rings. The molecule has 3 heteroatoms. The van der Waals surface area contributed by atoms with Crippen molar-refractivity contribution >= 4 is 27.5 Å². The van der Waals surface area contributed by atoms with Crippen molar-refractivity contribution in [1.29, 1.82) is 0 Å². The number of carbonyl (C=O) groups excluding carboxylic acids is 1. The Morgan fingerprint density at radius 3 is 2.75 bits per heavy atom. The first-order chi connectivity index (χ1) is 7.54. The van der Waals surface area contributed by atoms with Crippen LogP contribution >= 0.6 is 15.9 Å². The van der Waals surface area contributed by atoms with Gasteiger partial charge in [-0.05, 0) is 53.9 Å². The summed E-state index contributed by atoms with van der Waals surface area (Å²) in [5, 5.41) is 2.87. The van der Waals surface area contributed by atoms with Gasteiger partial charge in [-0.2, -0.15) is 0 Å². The molecular formula is C13H16BrNO. The van der Waals surface area contributed by atoms with Crippen LogP contribution in [0.5, 0.6) is 0 Å². The van der Waals surface area contributed by atoms with Gasteiger partial charge in [0.25, 0.3) is 5.91 Å². The van der Waals surface area contributed by atoms with Crippen molar-refractivity contribution in [3.8, 4) is 0 Å². The Labute approximate surface area is 105 Å². The first-order valence-corrected chi connectivity index (χ1v) is 6.08. The maximum Gasteiger partial charge on any atom is 0.251 e. The third-order valence-electron chi connectivity index (χ3n) is 2.24. The summed E-state index contributed by atoms with van der Waals surface area (Å²) in [5.41, 5.74) is 2.71. The fourth-order valence-electron chi connectivity index (χ4n) is 1.34. The largest absolute Gasteiger partial charge is 0.321 e. The molecule has 0 aromatic heterocycles. The summed E-state index contributed by atoms with van der Waals surface area (Å²) >= 11 is 3.43. The number of hydrogen-bond donors (Lipinski definition) is 1. The highest BCUT2D eigenvalue weighted by Crippen LogP contribution is 2.23. The van der Waals surface area contributed by atoms with Crippen LogP contribution < -0.4 is 5.32 Å².